The number of aliphatic hydroxyl groups excluding tert-OH is 3. The summed E-state index contributed by atoms with van der Waals surface area (Å²) in [6, 6.07) is 5.44. The highest BCUT2D eigenvalue weighted by Crippen LogP contribution is 2.16. The molecular formula is C39H73BrN2O4. The number of hydrogen-bond acceptors (Lipinski definition) is 4. The highest BCUT2D eigenvalue weighted by molar-refractivity contribution is 5.76. The number of carbonyl (C=O) groups excluding carboxylic acids is 1. The number of nitrogens with zero attached hydrogens (tertiary/aromatic N) is 1. The largest absolute Gasteiger partial charge is 1.00 e. The number of hydrogen-bond donors (Lipinski definition) is 4. The molecule has 1 rings (SSSR count). The summed E-state index contributed by atoms with van der Waals surface area (Å²) in [5.74, 6) is -0.149. The first-order chi connectivity index (χ1) is 22.1. The molecule has 6 nitrogen and oxygen atoms in total. The predicted octanol–water partition coefficient (Wildman–Crippen LogP) is 5.73. The summed E-state index contributed by atoms with van der Waals surface area (Å²) in [6.07, 6.45) is 34.3. The van der Waals surface area contributed by atoms with E-state index in [1.54, 1.807) is 0 Å². The number of pyridine rings is 1. The Morgan fingerprint density at radius 2 is 1.02 bits per heavy atom. The van der Waals surface area contributed by atoms with Gasteiger partial charge in [-0.2, -0.15) is 0 Å². The molecule has 0 aliphatic heterocycles. The van der Waals surface area contributed by atoms with Crippen molar-refractivity contribution < 1.29 is 41.7 Å². The third kappa shape index (κ3) is 27.0. The van der Waals surface area contributed by atoms with E-state index in [0.717, 1.165) is 45.1 Å². The Kier molecular flexibility index (Phi) is 33.1. The molecule has 1 aromatic heterocycles. The lowest BCUT2D eigenvalue weighted by Crippen LogP contribution is -3.00. The summed E-state index contributed by atoms with van der Waals surface area (Å²) in [7, 11) is 0. The Balaban J connectivity index is 0.0000202. The van der Waals surface area contributed by atoms with Crippen LogP contribution >= 0.6 is 0 Å². The summed E-state index contributed by atoms with van der Waals surface area (Å²) in [6.45, 7) is 3.02. The lowest BCUT2D eigenvalue weighted by molar-refractivity contribution is -0.697. The quantitative estimate of drug-likeness (QED) is 0.0554. The zero-order valence-electron chi connectivity index (χ0n) is 29.7. The third-order valence-corrected chi connectivity index (χ3v) is 9.30. The second-order valence-electron chi connectivity index (χ2n) is 13.6. The van der Waals surface area contributed by atoms with Gasteiger partial charge in [0.1, 0.15) is 12.6 Å². The smallest absolute Gasteiger partial charge is 0.220 e. The Morgan fingerprint density at radius 1 is 0.609 bits per heavy atom. The van der Waals surface area contributed by atoms with E-state index < -0.39 is 18.2 Å². The average Bonchev–Trinajstić information content (AvgIpc) is 3.05. The van der Waals surface area contributed by atoms with Crippen molar-refractivity contribution in [3.05, 3.63) is 30.6 Å². The van der Waals surface area contributed by atoms with E-state index in [2.05, 4.69) is 47.4 Å². The first-order valence-corrected chi connectivity index (χ1v) is 19.3. The normalized spacial score (nSPS) is 13.2. The summed E-state index contributed by atoms with van der Waals surface area (Å²) in [4.78, 5) is 12.4. The van der Waals surface area contributed by atoms with E-state index in [1.165, 1.54) is 122 Å². The average molecular weight is 714 g/mol. The van der Waals surface area contributed by atoms with Crippen LogP contribution in [0.2, 0.25) is 0 Å². The van der Waals surface area contributed by atoms with Gasteiger partial charge in [-0.05, 0) is 19.3 Å². The van der Waals surface area contributed by atoms with E-state index in [-0.39, 0.29) is 29.5 Å². The second-order valence-corrected chi connectivity index (χ2v) is 13.6. The van der Waals surface area contributed by atoms with E-state index in [9.17, 15) is 20.1 Å². The molecule has 7 heteroatoms. The lowest BCUT2D eigenvalue weighted by atomic mass is 9.99. The van der Waals surface area contributed by atoms with Crippen molar-refractivity contribution >= 4 is 5.91 Å². The zero-order valence-corrected chi connectivity index (χ0v) is 31.3. The number of halogens is 1. The van der Waals surface area contributed by atoms with Crippen LogP contribution in [0.15, 0.2) is 30.6 Å². The van der Waals surface area contributed by atoms with E-state index in [0.29, 0.717) is 12.8 Å². The fraction of sp³-hybridized carbons (Fsp3) is 0.846. The van der Waals surface area contributed by atoms with Gasteiger partial charge >= 0.3 is 0 Å². The second kappa shape index (κ2) is 33.9. The van der Waals surface area contributed by atoms with E-state index in [1.807, 2.05) is 0 Å². The highest BCUT2D eigenvalue weighted by Gasteiger charge is 2.26. The molecule has 0 aliphatic carbocycles. The van der Waals surface area contributed by atoms with Crippen LogP contribution < -0.4 is 26.9 Å². The van der Waals surface area contributed by atoms with Gasteiger partial charge in [0, 0.05) is 25.0 Å². The zero-order chi connectivity index (χ0) is 32.6. The minimum absolute atomic E-state index is 0. The highest BCUT2D eigenvalue weighted by atomic mass is 79.9. The van der Waals surface area contributed by atoms with Gasteiger partial charge < -0.3 is 37.6 Å². The molecule has 0 saturated heterocycles. The molecule has 270 valence electrons. The molecule has 0 aromatic carbocycles. The Morgan fingerprint density at radius 3 is 1.48 bits per heavy atom. The topological polar surface area (TPSA) is 93.7 Å². The van der Waals surface area contributed by atoms with E-state index in [4.69, 9.17) is 0 Å². The van der Waals surface area contributed by atoms with Crippen molar-refractivity contribution in [3.8, 4) is 0 Å². The number of aliphatic hydroxyl groups is 3. The molecule has 0 aliphatic rings. The summed E-state index contributed by atoms with van der Waals surface area (Å²) < 4.78 is 2.26. The predicted molar refractivity (Wildman–Crippen MR) is 188 cm³/mol. The van der Waals surface area contributed by atoms with Gasteiger partial charge in [-0.3, -0.25) is 4.79 Å². The van der Waals surface area contributed by atoms with Gasteiger partial charge in [0.15, 0.2) is 12.4 Å². The Bertz CT molecular complexity index is 770. The first-order valence-electron chi connectivity index (χ1n) is 19.3. The minimum Gasteiger partial charge on any atom is -1.00 e. The van der Waals surface area contributed by atoms with Gasteiger partial charge in [-0.15, -0.1) is 0 Å². The SMILES string of the molecule is CCCCCCCCCCCCCC[C@@H](O)[C@H](O)[C@H](CO)NC(=O)CCCCCCCCCCCCCCC[n+]1ccccc1.[Br-]. The Labute approximate surface area is 294 Å². The fourth-order valence-corrected chi connectivity index (χ4v) is 6.26. The van der Waals surface area contributed by atoms with Crippen LogP contribution in [0.1, 0.15) is 180 Å². The van der Waals surface area contributed by atoms with Crippen LogP contribution in [0.25, 0.3) is 0 Å². The maximum atomic E-state index is 12.4. The van der Waals surface area contributed by atoms with Crippen molar-refractivity contribution in [2.24, 2.45) is 0 Å². The van der Waals surface area contributed by atoms with Crippen LogP contribution in [0.5, 0.6) is 0 Å². The van der Waals surface area contributed by atoms with Crippen molar-refractivity contribution in [1.29, 1.82) is 0 Å². The Hall–Kier alpha value is -1.02. The molecule has 0 fully saturated rings. The van der Waals surface area contributed by atoms with Crippen molar-refractivity contribution in [2.45, 2.75) is 205 Å². The lowest BCUT2D eigenvalue weighted by Gasteiger charge is -2.26. The monoisotopic (exact) mass is 712 g/mol. The van der Waals surface area contributed by atoms with Crippen LogP contribution in [-0.4, -0.2) is 46.1 Å². The molecule has 0 unspecified atom stereocenters. The summed E-state index contributed by atoms with van der Waals surface area (Å²) >= 11 is 0. The molecule has 0 bridgehead atoms. The number of aromatic nitrogens is 1. The molecule has 4 N–H and O–H groups in total. The van der Waals surface area contributed by atoms with Crippen LogP contribution in [0.4, 0.5) is 0 Å². The number of aryl methyl sites for hydroxylation is 1. The summed E-state index contributed by atoms with van der Waals surface area (Å²) in [5, 5.41) is 33.4. The standard InChI is InChI=1S/C39H72N2O4.BrH/c1-2-3-4-5-6-7-8-12-15-18-21-25-30-37(43)39(45)36(35-42)40-38(44)31-26-22-19-16-13-10-9-11-14-17-20-23-27-32-41-33-28-24-29-34-41;/h24,28-29,33-34,36-37,39,42-43,45H,2-23,25-27,30-32,35H2,1H3;1H/t36-,37+,39+;/m0./s1. The number of unbranched alkanes of at least 4 members (excludes halogenated alkanes) is 23. The third-order valence-electron chi connectivity index (χ3n) is 9.30. The molecule has 1 aromatic rings. The van der Waals surface area contributed by atoms with E-state index >= 15 is 0 Å². The first kappa shape index (κ1) is 45.0. The van der Waals surface area contributed by atoms with Gasteiger partial charge in [0.05, 0.1) is 18.8 Å². The molecule has 0 radical (unpaired) electrons. The number of amides is 1. The van der Waals surface area contributed by atoms with Crippen LogP contribution in [0, 0.1) is 0 Å². The van der Waals surface area contributed by atoms with Gasteiger partial charge in [0.2, 0.25) is 5.91 Å². The van der Waals surface area contributed by atoms with Gasteiger partial charge in [-0.1, -0.05) is 154 Å². The maximum absolute atomic E-state index is 12.4. The fourth-order valence-electron chi connectivity index (χ4n) is 6.26. The molecule has 1 heterocycles. The number of rotatable bonds is 33. The van der Waals surface area contributed by atoms with Crippen LogP contribution in [0.3, 0.4) is 0 Å². The van der Waals surface area contributed by atoms with Crippen LogP contribution in [-0.2, 0) is 11.3 Å². The maximum Gasteiger partial charge on any atom is 0.220 e. The van der Waals surface area contributed by atoms with Crippen molar-refractivity contribution in [3.63, 3.8) is 0 Å². The minimum atomic E-state index is -1.13. The number of carbonyl (C=O) groups is 1. The van der Waals surface area contributed by atoms with Crippen molar-refractivity contribution in [2.75, 3.05) is 6.61 Å². The number of nitrogens with one attached hydrogen (secondary N) is 1. The molecule has 0 saturated carbocycles. The van der Waals surface area contributed by atoms with Crippen molar-refractivity contribution in [1.82, 2.24) is 5.32 Å². The summed E-state index contributed by atoms with van der Waals surface area (Å²) in [5.41, 5.74) is 0. The molecule has 46 heavy (non-hydrogen) atoms. The molecule has 0 spiro atoms. The molecule has 1 amide bonds. The van der Waals surface area contributed by atoms with Gasteiger partial charge in [0.25, 0.3) is 0 Å². The van der Waals surface area contributed by atoms with Gasteiger partial charge in [-0.25, -0.2) is 4.57 Å². The molecule has 3 atom stereocenters. The molecular weight excluding hydrogens is 640 g/mol.